The molecule has 0 unspecified atom stereocenters. The zero-order valence-corrected chi connectivity index (χ0v) is 8.79. The Morgan fingerprint density at radius 1 is 1.38 bits per heavy atom. The first kappa shape index (κ1) is 8.83. The summed E-state index contributed by atoms with van der Waals surface area (Å²) < 4.78 is -1.85. The van der Waals surface area contributed by atoms with E-state index >= 15 is 0 Å². The van der Waals surface area contributed by atoms with Crippen LogP contribution in [-0.4, -0.2) is 25.5 Å². The van der Waals surface area contributed by atoms with Gasteiger partial charge in [0.1, 0.15) is 0 Å². The van der Waals surface area contributed by atoms with E-state index in [9.17, 15) is 4.79 Å². The summed E-state index contributed by atoms with van der Waals surface area (Å²) in [7, 11) is 0. The summed E-state index contributed by atoms with van der Waals surface area (Å²) in [5, 5.41) is 0. The van der Waals surface area contributed by atoms with Crippen molar-refractivity contribution in [3.63, 3.8) is 0 Å². The third-order valence-corrected chi connectivity index (χ3v) is 5.23. The standard InChI is InChI=1S/C5H12IOP/c1-5(7)8(2,3,4)6/h1-4H3. The topological polar surface area (TPSA) is 17.1 Å². The predicted molar refractivity (Wildman–Crippen MR) is 49.4 cm³/mol. The summed E-state index contributed by atoms with van der Waals surface area (Å²) in [6.07, 6.45) is 0. The first-order valence-corrected chi connectivity index (χ1v) is 8.80. The van der Waals surface area contributed by atoms with E-state index in [1.54, 1.807) is 6.92 Å². The Labute approximate surface area is 63.6 Å². The van der Waals surface area contributed by atoms with Gasteiger partial charge in [-0.2, -0.15) is 0 Å². The number of hydrogen-bond donors (Lipinski definition) is 0. The number of rotatable bonds is 1. The summed E-state index contributed by atoms with van der Waals surface area (Å²) in [5.74, 6) is 0. The van der Waals surface area contributed by atoms with Crippen LogP contribution in [-0.2, 0) is 4.79 Å². The van der Waals surface area contributed by atoms with Crippen LogP contribution < -0.4 is 0 Å². The Morgan fingerprint density at radius 2 is 1.50 bits per heavy atom. The normalized spacial score (nSPS) is 16.9. The molecule has 0 spiro atoms. The van der Waals surface area contributed by atoms with Crippen LogP contribution in [0.15, 0.2) is 0 Å². The Bertz CT molecular complexity index is 113. The van der Waals surface area contributed by atoms with Crippen LogP contribution in [0.1, 0.15) is 6.92 Å². The molecule has 0 bridgehead atoms. The number of carbonyl (C=O) groups is 1. The minimum atomic E-state index is -1.85. The van der Waals surface area contributed by atoms with Gasteiger partial charge in [-0.05, 0) is 0 Å². The average molecular weight is 246 g/mol. The minimum absolute atomic E-state index is 0.344. The van der Waals surface area contributed by atoms with Crippen molar-refractivity contribution < 1.29 is 4.79 Å². The number of hydrogen-bond acceptors (Lipinski definition) is 1. The van der Waals surface area contributed by atoms with Gasteiger partial charge >= 0.3 is 63.5 Å². The molecular weight excluding hydrogens is 234 g/mol. The predicted octanol–water partition coefficient (Wildman–Crippen LogP) is 2.33. The van der Waals surface area contributed by atoms with Gasteiger partial charge in [0.25, 0.3) is 0 Å². The van der Waals surface area contributed by atoms with Crippen molar-refractivity contribution in [2.45, 2.75) is 6.92 Å². The summed E-state index contributed by atoms with van der Waals surface area (Å²) in [5.41, 5.74) is 0.344. The van der Waals surface area contributed by atoms with Crippen molar-refractivity contribution in [2.75, 3.05) is 20.0 Å². The Morgan fingerprint density at radius 3 is 1.50 bits per heavy atom. The van der Waals surface area contributed by atoms with Gasteiger partial charge in [0, 0.05) is 0 Å². The third kappa shape index (κ3) is 2.98. The first-order chi connectivity index (χ1) is 3.20. The Balaban J connectivity index is 4.38. The summed E-state index contributed by atoms with van der Waals surface area (Å²) in [6.45, 7) is 7.82. The van der Waals surface area contributed by atoms with E-state index in [0.717, 1.165) is 0 Å². The molecule has 0 atom stereocenters. The molecule has 0 aromatic rings. The van der Waals surface area contributed by atoms with Crippen LogP contribution >= 0.6 is 26.3 Å². The van der Waals surface area contributed by atoms with E-state index in [1.165, 1.54) is 0 Å². The molecule has 0 heterocycles. The van der Waals surface area contributed by atoms with Crippen LogP contribution in [0.3, 0.4) is 0 Å². The maximum absolute atomic E-state index is 10.8. The fourth-order valence-corrected chi connectivity index (χ4v) is 0. The van der Waals surface area contributed by atoms with Crippen molar-refractivity contribution in [1.29, 1.82) is 0 Å². The molecular formula is C5H12IOP. The molecule has 0 aromatic heterocycles. The van der Waals surface area contributed by atoms with E-state index in [4.69, 9.17) is 0 Å². The van der Waals surface area contributed by atoms with Crippen LogP contribution in [0.25, 0.3) is 0 Å². The van der Waals surface area contributed by atoms with E-state index < -0.39 is 4.25 Å². The molecule has 0 fully saturated rings. The second-order valence-corrected chi connectivity index (χ2v) is 19.1. The zero-order chi connectivity index (χ0) is 7.02. The molecule has 0 amide bonds. The van der Waals surface area contributed by atoms with Gasteiger partial charge in [-0.3, -0.25) is 0 Å². The monoisotopic (exact) mass is 246 g/mol. The number of halogens is 1. The molecule has 50 valence electrons. The molecule has 3 heteroatoms. The Hall–Kier alpha value is 0.830. The summed E-state index contributed by atoms with van der Waals surface area (Å²) in [6, 6.07) is 0. The van der Waals surface area contributed by atoms with Gasteiger partial charge in [-0.1, -0.05) is 0 Å². The Kier molecular flexibility index (Phi) is 2.11. The van der Waals surface area contributed by atoms with Gasteiger partial charge < -0.3 is 0 Å². The van der Waals surface area contributed by atoms with E-state index in [0.29, 0.717) is 5.52 Å². The van der Waals surface area contributed by atoms with Crippen LogP contribution in [0.4, 0.5) is 0 Å². The van der Waals surface area contributed by atoms with Crippen molar-refractivity contribution in [1.82, 2.24) is 0 Å². The summed E-state index contributed by atoms with van der Waals surface area (Å²) >= 11 is 2.28. The first-order valence-electron chi connectivity index (χ1n) is 2.44. The van der Waals surface area contributed by atoms with Crippen LogP contribution in [0, 0.1) is 0 Å². The molecule has 0 saturated heterocycles. The van der Waals surface area contributed by atoms with Crippen molar-refractivity contribution in [3.8, 4) is 0 Å². The molecule has 0 N–H and O–H groups in total. The quantitative estimate of drug-likeness (QED) is 0.512. The SMILES string of the molecule is CC(=O)P(C)(C)(C)I. The van der Waals surface area contributed by atoms with Gasteiger partial charge in [0.15, 0.2) is 0 Å². The second-order valence-electron chi connectivity index (χ2n) is 3.12. The molecule has 0 radical (unpaired) electrons. The zero-order valence-electron chi connectivity index (χ0n) is 5.73. The van der Waals surface area contributed by atoms with E-state index in [2.05, 4.69) is 42.0 Å². The molecule has 8 heavy (non-hydrogen) atoms. The van der Waals surface area contributed by atoms with Gasteiger partial charge in [0.2, 0.25) is 0 Å². The molecule has 0 rings (SSSR count). The molecule has 0 aliphatic carbocycles. The van der Waals surface area contributed by atoms with Crippen LogP contribution in [0.2, 0.25) is 0 Å². The van der Waals surface area contributed by atoms with Crippen molar-refractivity contribution in [3.05, 3.63) is 0 Å². The van der Waals surface area contributed by atoms with Gasteiger partial charge in [-0.15, -0.1) is 0 Å². The fraction of sp³-hybridized carbons (Fsp3) is 0.800. The third-order valence-electron chi connectivity index (χ3n) is 1.06. The second kappa shape index (κ2) is 1.91. The number of carbonyl (C=O) groups excluding carboxylic acids is 1. The molecule has 0 saturated carbocycles. The van der Waals surface area contributed by atoms with Gasteiger partial charge in [0.05, 0.1) is 0 Å². The van der Waals surface area contributed by atoms with Crippen molar-refractivity contribution >= 4 is 31.8 Å². The molecule has 0 aliphatic heterocycles. The molecule has 1 nitrogen and oxygen atoms in total. The van der Waals surface area contributed by atoms with Crippen LogP contribution in [0.5, 0.6) is 0 Å². The average Bonchev–Trinajstić information content (AvgIpc) is 1.27. The fourth-order valence-electron chi connectivity index (χ4n) is 0. The van der Waals surface area contributed by atoms with E-state index in [-0.39, 0.29) is 0 Å². The van der Waals surface area contributed by atoms with Gasteiger partial charge in [-0.25, -0.2) is 0 Å². The maximum atomic E-state index is 10.8. The summed E-state index contributed by atoms with van der Waals surface area (Å²) in [4.78, 5) is 10.8. The molecule has 0 aliphatic rings. The molecule has 0 aromatic carbocycles. The van der Waals surface area contributed by atoms with E-state index in [1.807, 2.05) is 0 Å². The van der Waals surface area contributed by atoms with Crippen molar-refractivity contribution in [2.24, 2.45) is 0 Å².